The Labute approximate surface area is 372 Å². The molecule has 4 heteroatoms. The highest BCUT2D eigenvalue weighted by molar-refractivity contribution is 6.12. The molecule has 2 aromatic heterocycles. The minimum atomic E-state index is -0.0784. The molecule has 64 heavy (non-hydrogen) atoms. The van der Waals surface area contributed by atoms with E-state index in [-0.39, 0.29) is 5.41 Å². The van der Waals surface area contributed by atoms with Gasteiger partial charge in [-0.3, -0.25) is 0 Å². The Morgan fingerprint density at radius 3 is 1.33 bits per heavy atom. The molecular weight excluding hydrogens is 777 g/mol. The van der Waals surface area contributed by atoms with Crippen molar-refractivity contribution in [2.75, 3.05) is 0 Å². The third-order valence-electron chi connectivity index (χ3n) is 13.0. The van der Waals surface area contributed by atoms with Gasteiger partial charge in [0, 0.05) is 38.6 Å². The summed E-state index contributed by atoms with van der Waals surface area (Å²) in [6.07, 6.45) is 0. The molecule has 1 aliphatic rings. The SMILES string of the molecule is CC1(C)c2ccccc2-c2ccc(-c3ccc4c(c3)c3cc(-c5cc(-c6ccccc6)cc(-c6nc(-c7ccccc7)nc(-c7ccccc7)n6)c5)ccc3n4-c3ccccc3)cc21. The fraction of sp³-hybridized carbons (Fsp3) is 0.0500. The fourth-order valence-corrected chi connectivity index (χ4v) is 9.78. The summed E-state index contributed by atoms with van der Waals surface area (Å²) in [4.78, 5) is 15.3. The smallest absolute Gasteiger partial charge is 0.164 e. The third kappa shape index (κ3) is 6.34. The van der Waals surface area contributed by atoms with Crippen LogP contribution in [0.2, 0.25) is 0 Å². The van der Waals surface area contributed by atoms with Crippen molar-refractivity contribution in [3.63, 3.8) is 0 Å². The maximum Gasteiger partial charge on any atom is 0.164 e. The summed E-state index contributed by atoms with van der Waals surface area (Å²) in [5.74, 6) is 1.90. The Balaban J connectivity index is 1.05. The minimum absolute atomic E-state index is 0.0784. The maximum absolute atomic E-state index is 5.15. The number of fused-ring (bicyclic) bond motifs is 6. The Kier molecular flexibility index (Phi) is 8.80. The van der Waals surface area contributed by atoms with Gasteiger partial charge in [-0.25, -0.2) is 15.0 Å². The van der Waals surface area contributed by atoms with Gasteiger partial charge in [0.25, 0.3) is 0 Å². The summed E-state index contributed by atoms with van der Waals surface area (Å²) in [6, 6.07) is 78.1. The first-order valence-corrected chi connectivity index (χ1v) is 21.9. The molecule has 4 nitrogen and oxygen atoms in total. The molecular formula is C60H42N4. The van der Waals surface area contributed by atoms with E-state index in [9.17, 15) is 0 Å². The lowest BCUT2D eigenvalue weighted by atomic mass is 9.81. The number of benzene rings is 9. The second-order valence-corrected chi connectivity index (χ2v) is 17.3. The van der Waals surface area contributed by atoms with E-state index in [0.29, 0.717) is 17.5 Å². The predicted octanol–water partition coefficient (Wildman–Crippen LogP) is 15.3. The molecule has 1 aliphatic carbocycles. The molecule has 2 heterocycles. The summed E-state index contributed by atoms with van der Waals surface area (Å²) in [5, 5.41) is 2.40. The zero-order valence-electron chi connectivity index (χ0n) is 35.6. The van der Waals surface area contributed by atoms with Crippen molar-refractivity contribution in [2.45, 2.75) is 19.3 Å². The molecule has 0 bridgehead atoms. The number of para-hydroxylation sites is 1. The van der Waals surface area contributed by atoms with Crippen LogP contribution in [0.25, 0.3) is 106 Å². The van der Waals surface area contributed by atoms with Crippen LogP contribution in [-0.4, -0.2) is 19.5 Å². The molecule has 302 valence electrons. The molecule has 11 aromatic rings. The van der Waals surface area contributed by atoms with Gasteiger partial charge in [0.2, 0.25) is 0 Å². The number of rotatable bonds is 7. The van der Waals surface area contributed by atoms with E-state index in [2.05, 4.69) is 200 Å². The highest BCUT2D eigenvalue weighted by atomic mass is 15.0. The summed E-state index contributed by atoms with van der Waals surface area (Å²) in [5.41, 5.74) is 18.4. The summed E-state index contributed by atoms with van der Waals surface area (Å²) in [6.45, 7) is 4.70. The van der Waals surface area contributed by atoms with Gasteiger partial charge in [0.05, 0.1) is 11.0 Å². The van der Waals surface area contributed by atoms with E-state index in [0.717, 1.165) is 50.1 Å². The molecule has 0 spiro atoms. The topological polar surface area (TPSA) is 43.6 Å². The predicted molar refractivity (Wildman–Crippen MR) is 264 cm³/mol. The van der Waals surface area contributed by atoms with Gasteiger partial charge in [-0.2, -0.15) is 0 Å². The Morgan fingerprint density at radius 2 is 0.734 bits per heavy atom. The number of nitrogens with zero attached hydrogens (tertiary/aromatic N) is 4. The lowest BCUT2D eigenvalue weighted by molar-refractivity contribution is 0.660. The molecule has 12 rings (SSSR count). The second-order valence-electron chi connectivity index (χ2n) is 17.3. The number of hydrogen-bond acceptors (Lipinski definition) is 3. The van der Waals surface area contributed by atoms with Crippen LogP contribution < -0.4 is 0 Å². The van der Waals surface area contributed by atoms with Crippen molar-refractivity contribution in [1.82, 2.24) is 19.5 Å². The van der Waals surface area contributed by atoms with Crippen LogP contribution in [-0.2, 0) is 5.41 Å². The van der Waals surface area contributed by atoms with Crippen molar-refractivity contribution >= 4 is 21.8 Å². The quantitative estimate of drug-likeness (QED) is 0.161. The van der Waals surface area contributed by atoms with Crippen LogP contribution in [0.3, 0.4) is 0 Å². The molecule has 0 amide bonds. The molecule has 0 atom stereocenters. The van der Waals surface area contributed by atoms with Crippen LogP contribution >= 0.6 is 0 Å². The molecule has 9 aromatic carbocycles. The molecule has 0 fully saturated rings. The zero-order chi connectivity index (χ0) is 42.8. The van der Waals surface area contributed by atoms with E-state index in [1.807, 2.05) is 36.4 Å². The normalized spacial score (nSPS) is 12.7. The van der Waals surface area contributed by atoms with E-state index in [1.165, 1.54) is 49.7 Å². The van der Waals surface area contributed by atoms with Gasteiger partial charge in [0.1, 0.15) is 0 Å². The van der Waals surface area contributed by atoms with Gasteiger partial charge in [-0.1, -0.05) is 172 Å². The lowest BCUT2D eigenvalue weighted by Gasteiger charge is -2.22. The zero-order valence-corrected chi connectivity index (χ0v) is 35.6. The lowest BCUT2D eigenvalue weighted by Crippen LogP contribution is -2.14. The molecule has 0 saturated carbocycles. The molecule has 0 saturated heterocycles. The van der Waals surface area contributed by atoms with Crippen molar-refractivity contribution in [3.05, 3.63) is 230 Å². The van der Waals surface area contributed by atoms with Crippen LogP contribution in [0, 0.1) is 0 Å². The average molecular weight is 819 g/mol. The standard InChI is InChI=1S/C60H42N4/c1-60(2)53-26-16-15-25-49(53)50-30-27-44(38-54(50)60)42-28-31-55-51(36-42)52-37-43(29-32-56(52)64(55)48-23-13-6-14-24-48)46-33-45(39-17-7-3-8-18-39)34-47(35-46)59-62-57(40-19-9-4-10-20-40)61-58(63-59)41-21-11-5-12-22-41/h3-38H,1-2H3. The largest absolute Gasteiger partial charge is 0.309 e. The first kappa shape index (κ1) is 37.5. The van der Waals surface area contributed by atoms with Crippen LogP contribution in [0.4, 0.5) is 0 Å². The second kappa shape index (κ2) is 15.0. The summed E-state index contributed by atoms with van der Waals surface area (Å²) in [7, 11) is 0. The van der Waals surface area contributed by atoms with E-state index in [4.69, 9.17) is 15.0 Å². The van der Waals surface area contributed by atoms with Crippen molar-refractivity contribution in [1.29, 1.82) is 0 Å². The Morgan fingerprint density at radius 1 is 0.312 bits per heavy atom. The fourth-order valence-electron chi connectivity index (χ4n) is 9.78. The highest BCUT2D eigenvalue weighted by Crippen LogP contribution is 2.50. The Bertz CT molecular complexity index is 3500. The van der Waals surface area contributed by atoms with Crippen molar-refractivity contribution in [2.24, 2.45) is 0 Å². The summed E-state index contributed by atoms with van der Waals surface area (Å²) < 4.78 is 2.40. The van der Waals surface area contributed by atoms with E-state index < -0.39 is 0 Å². The van der Waals surface area contributed by atoms with Gasteiger partial charge < -0.3 is 4.57 Å². The van der Waals surface area contributed by atoms with Crippen molar-refractivity contribution < 1.29 is 0 Å². The minimum Gasteiger partial charge on any atom is -0.309 e. The highest BCUT2D eigenvalue weighted by Gasteiger charge is 2.35. The van der Waals surface area contributed by atoms with Crippen molar-refractivity contribution in [3.8, 4) is 84.4 Å². The first-order chi connectivity index (χ1) is 31.5. The molecule has 0 N–H and O–H groups in total. The number of hydrogen-bond donors (Lipinski definition) is 0. The maximum atomic E-state index is 5.15. The number of aromatic nitrogens is 4. The molecule has 0 radical (unpaired) electrons. The van der Waals surface area contributed by atoms with Crippen LogP contribution in [0.5, 0.6) is 0 Å². The van der Waals surface area contributed by atoms with E-state index in [1.54, 1.807) is 0 Å². The Hall–Kier alpha value is -8.21. The van der Waals surface area contributed by atoms with Gasteiger partial charge >= 0.3 is 0 Å². The first-order valence-electron chi connectivity index (χ1n) is 21.9. The monoisotopic (exact) mass is 818 g/mol. The van der Waals surface area contributed by atoms with Crippen LogP contribution in [0.15, 0.2) is 218 Å². The van der Waals surface area contributed by atoms with E-state index >= 15 is 0 Å². The van der Waals surface area contributed by atoms with Gasteiger partial charge in [-0.15, -0.1) is 0 Å². The van der Waals surface area contributed by atoms with Crippen LogP contribution in [0.1, 0.15) is 25.0 Å². The third-order valence-corrected chi connectivity index (χ3v) is 13.0. The summed E-state index contributed by atoms with van der Waals surface area (Å²) >= 11 is 0. The molecule has 0 aliphatic heterocycles. The van der Waals surface area contributed by atoms with Gasteiger partial charge in [0.15, 0.2) is 17.5 Å². The molecule has 0 unspecified atom stereocenters. The average Bonchev–Trinajstić information content (AvgIpc) is 3.81. The van der Waals surface area contributed by atoms with Gasteiger partial charge in [-0.05, 0) is 116 Å².